The molecule has 0 aliphatic heterocycles. The molecule has 0 aromatic carbocycles. The van der Waals surface area contributed by atoms with Crippen molar-refractivity contribution in [1.29, 1.82) is 0 Å². The molecule has 0 saturated heterocycles. The first-order valence-electron chi connectivity index (χ1n) is 6.21. The van der Waals surface area contributed by atoms with Gasteiger partial charge in [-0.15, -0.1) is 0 Å². The molecule has 7 nitrogen and oxygen atoms in total. The number of anilines is 2. The molecule has 8 heteroatoms. The molecule has 2 aromatic heterocycles. The Morgan fingerprint density at radius 1 is 1.40 bits per heavy atom. The highest BCUT2D eigenvalue weighted by Crippen LogP contribution is 2.15. The quantitative estimate of drug-likeness (QED) is 0.572. The maximum absolute atomic E-state index is 12.2. The minimum Gasteiger partial charge on any atom is -0.308 e. The summed E-state index contributed by atoms with van der Waals surface area (Å²) >= 11 is 1.15. The first-order chi connectivity index (χ1) is 9.62. The van der Waals surface area contributed by atoms with Crippen LogP contribution < -0.4 is 16.6 Å². The number of pyridine rings is 1. The topological polar surface area (TPSA) is 106 Å². The number of nitrogens with two attached hydrogens (primary N) is 1. The van der Waals surface area contributed by atoms with Crippen molar-refractivity contribution in [2.75, 3.05) is 10.7 Å². The molecule has 4 N–H and O–H groups in total. The lowest BCUT2D eigenvalue weighted by Gasteiger charge is -2.07. The average molecular weight is 292 g/mol. The molecule has 0 aliphatic carbocycles. The molecule has 0 spiro atoms. The molecule has 0 radical (unpaired) electrons. The number of nitrogen functional groups attached to an aromatic ring is 1. The van der Waals surface area contributed by atoms with E-state index in [9.17, 15) is 4.79 Å². The Kier molecular flexibility index (Phi) is 4.59. The Labute approximate surface area is 120 Å². The van der Waals surface area contributed by atoms with E-state index in [0.29, 0.717) is 22.3 Å². The summed E-state index contributed by atoms with van der Waals surface area (Å²) in [5, 5.41) is 3.18. The molecule has 0 aliphatic rings. The van der Waals surface area contributed by atoms with E-state index in [1.54, 1.807) is 19.1 Å². The van der Waals surface area contributed by atoms with Gasteiger partial charge in [0.1, 0.15) is 11.6 Å². The maximum Gasteiger partial charge on any atom is 0.257 e. The molecule has 0 fully saturated rings. The van der Waals surface area contributed by atoms with Crippen molar-refractivity contribution in [2.45, 2.75) is 26.7 Å². The third-order valence-electron chi connectivity index (χ3n) is 2.54. The normalized spacial score (nSPS) is 10.3. The maximum atomic E-state index is 12.2. The molecule has 2 rings (SSSR count). The number of nitrogens with zero attached hydrogens (tertiary/aromatic N) is 3. The molecular formula is C12H16N6OS. The molecule has 1 amide bonds. The minimum absolute atomic E-state index is 0.252. The summed E-state index contributed by atoms with van der Waals surface area (Å²) in [6.07, 6.45) is 1.73. The van der Waals surface area contributed by atoms with E-state index in [1.165, 1.54) is 0 Å². The van der Waals surface area contributed by atoms with Crippen LogP contribution in [0.5, 0.6) is 0 Å². The zero-order chi connectivity index (χ0) is 14.5. The lowest BCUT2D eigenvalue weighted by atomic mass is 10.1. The smallest absolute Gasteiger partial charge is 0.257 e. The van der Waals surface area contributed by atoms with Crippen LogP contribution in [-0.2, 0) is 6.42 Å². The predicted molar refractivity (Wildman–Crippen MR) is 78.6 cm³/mol. The number of carbonyl (C=O) groups excluding carboxylic acids is 1. The van der Waals surface area contributed by atoms with Gasteiger partial charge >= 0.3 is 0 Å². The molecule has 2 aromatic rings. The monoisotopic (exact) mass is 292 g/mol. The van der Waals surface area contributed by atoms with Crippen LogP contribution in [0.2, 0.25) is 0 Å². The van der Waals surface area contributed by atoms with Crippen molar-refractivity contribution in [3.05, 3.63) is 29.2 Å². The number of hydrazine groups is 1. The molecule has 0 saturated carbocycles. The number of carbonyl (C=O) groups is 1. The highest BCUT2D eigenvalue weighted by atomic mass is 32.1. The van der Waals surface area contributed by atoms with Gasteiger partial charge in [0.05, 0.1) is 0 Å². The zero-order valence-electron chi connectivity index (χ0n) is 11.3. The third-order valence-corrected chi connectivity index (χ3v) is 3.26. The van der Waals surface area contributed by atoms with Gasteiger partial charge in [-0.2, -0.15) is 4.37 Å². The summed E-state index contributed by atoms with van der Waals surface area (Å²) in [7, 11) is 0. The van der Waals surface area contributed by atoms with Gasteiger partial charge in [-0.25, -0.2) is 15.8 Å². The summed E-state index contributed by atoms with van der Waals surface area (Å²) in [5.74, 6) is 6.23. The van der Waals surface area contributed by atoms with Gasteiger partial charge in [-0.1, -0.05) is 13.3 Å². The SMILES string of the molecule is CCCc1cc(C(=O)Nc2nc(C)ns2)cc(NN)n1. The van der Waals surface area contributed by atoms with E-state index >= 15 is 0 Å². The molecule has 106 valence electrons. The van der Waals surface area contributed by atoms with Crippen LogP contribution in [0.3, 0.4) is 0 Å². The molecule has 0 bridgehead atoms. The number of aryl methyl sites for hydroxylation is 2. The number of rotatable bonds is 5. The van der Waals surface area contributed by atoms with Gasteiger partial charge in [-0.3, -0.25) is 10.1 Å². The lowest BCUT2D eigenvalue weighted by molar-refractivity contribution is 0.102. The van der Waals surface area contributed by atoms with Crippen LogP contribution in [0, 0.1) is 6.92 Å². The van der Waals surface area contributed by atoms with Gasteiger partial charge in [0.25, 0.3) is 5.91 Å². The molecule has 0 atom stereocenters. The molecule has 20 heavy (non-hydrogen) atoms. The van der Waals surface area contributed by atoms with E-state index in [-0.39, 0.29) is 5.91 Å². The number of hydrogen-bond donors (Lipinski definition) is 3. The van der Waals surface area contributed by atoms with Crippen molar-refractivity contribution < 1.29 is 4.79 Å². The molecule has 2 heterocycles. The van der Waals surface area contributed by atoms with Crippen LogP contribution in [-0.4, -0.2) is 20.2 Å². The number of aromatic nitrogens is 3. The number of amides is 1. The Hall–Kier alpha value is -2.06. The van der Waals surface area contributed by atoms with Crippen molar-refractivity contribution in [3.8, 4) is 0 Å². The Balaban J connectivity index is 2.21. The number of hydrogen-bond acceptors (Lipinski definition) is 7. The fourth-order valence-corrected chi connectivity index (χ4v) is 2.26. The van der Waals surface area contributed by atoms with Gasteiger partial charge in [0.2, 0.25) is 5.13 Å². The second-order valence-corrected chi connectivity index (χ2v) is 4.98. The van der Waals surface area contributed by atoms with Crippen LogP contribution in [0.15, 0.2) is 12.1 Å². The van der Waals surface area contributed by atoms with Crippen molar-refractivity contribution in [2.24, 2.45) is 5.84 Å². The van der Waals surface area contributed by atoms with Gasteiger partial charge in [0.15, 0.2) is 0 Å². The Bertz CT molecular complexity index is 612. The summed E-state index contributed by atoms with van der Waals surface area (Å²) in [6.45, 7) is 3.82. The lowest BCUT2D eigenvalue weighted by Crippen LogP contribution is -2.15. The minimum atomic E-state index is -0.252. The van der Waals surface area contributed by atoms with Crippen molar-refractivity contribution in [3.63, 3.8) is 0 Å². The van der Waals surface area contributed by atoms with Gasteiger partial charge in [0, 0.05) is 22.8 Å². The Morgan fingerprint density at radius 2 is 2.20 bits per heavy atom. The highest BCUT2D eigenvalue weighted by molar-refractivity contribution is 7.09. The summed E-state index contributed by atoms with van der Waals surface area (Å²) in [5.41, 5.74) is 3.78. The van der Waals surface area contributed by atoms with E-state index < -0.39 is 0 Å². The first-order valence-corrected chi connectivity index (χ1v) is 6.99. The second kappa shape index (κ2) is 6.40. The largest absolute Gasteiger partial charge is 0.308 e. The average Bonchev–Trinajstić information content (AvgIpc) is 2.84. The predicted octanol–water partition coefficient (Wildman–Crippen LogP) is 1.73. The first kappa shape index (κ1) is 14.4. The van der Waals surface area contributed by atoms with E-state index in [0.717, 1.165) is 30.1 Å². The summed E-state index contributed by atoms with van der Waals surface area (Å²) in [6, 6.07) is 3.36. The van der Waals surface area contributed by atoms with Crippen LogP contribution in [0.25, 0.3) is 0 Å². The molecule has 0 unspecified atom stereocenters. The molecular weight excluding hydrogens is 276 g/mol. The Morgan fingerprint density at radius 3 is 2.80 bits per heavy atom. The standard InChI is InChI=1S/C12H16N6OS/c1-3-4-9-5-8(6-10(15-9)17-13)11(19)16-12-14-7(2)18-20-12/h5-6H,3-4,13H2,1-2H3,(H,15,17)(H,14,16,18,19). The van der Waals surface area contributed by atoms with Gasteiger partial charge in [-0.05, 0) is 25.5 Å². The van der Waals surface area contributed by atoms with E-state index in [4.69, 9.17) is 5.84 Å². The highest BCUT2D eigenvalue weighted by Gasteiger charge is 2.12. The summed E-state index contributed by atoms with van der Waals surface area (Å²) in [4.78, 5) is 20.6. The van der Waals surface area contributed by atoms with Crippen LogP contribution >= 0.6 is 11.5 Å². The van der Waals surface area contributed by atoms with Crippen molar-refractivity contribution >= 4 is 28.4 Å². The van der Waals surface area contributed by atoms with Crippen LogP contribution in [0.1, 0.15) is 35.2 Å². The zero-order valence-corrected chi connectivity index (χ0v) is 12.1. The summed E-state index contributed by atoms with van der Waals surface area (Å²) < 4.78 is 4.02. The van der Waals surface area contributed by atoms with E-state index in [1.807, 2.05) is 6.92 Å². The fraction of sp³-hybridized carbons (Fsp3) is 0.333. The van der Waals surface area contributed by atoms with Crippen molar-refractivity contribution in [1.82, 2.24) is 14.3 Å². The number of nitrogens with one attached hydrogen (secondary N) is 2. The van der Waals surface area contributed by atoms with E-state index in [2.05, 4.69) is 25.1 Å². The third kappa shape index (κ3) is 3.49. The van der Waals surface area contributed by atoms with Crippen LogP contribution in [0.4, 0.5) is 10.9 Å². The second-order valence-electron chi connectivity index (χ2n) is 4.23. The van der Waals surface area contributed by atoms with Gasteiger partial charge < -0.3 is 5.43 Å². The fourth-order valence-electron chi connectivity index (χ4n) is 1.69.